The second-order valence-electron chi connectivity index (χ2n) is 2.52. The first-order chi connectivity index (χ1) is 4.85. The van der Waals surface area contributed by atoms with Crippen LogP contribution in [0.4, 0.5) is 0 Å². The summed E-state index contributed by atoms with van der Waals surface area (Å²) < 4.78 is 0. The van der Waals surface area contributed by atoms with Gasteiger partial charge in [-0.1, -0.05) is 51.0 Å². The minimum atomic E-state index is 1.18. The summed E-state index contributed by atoms with van der Waals surface area (Å²) in [6.07, 6.45) is 9.10. The Balaban J connectivity index is 3.66. The zero-order valence-corrected chi connectivity index (χ0v) is 7.19. The third kappa shape index (κ3) is 4.37. The average Bonchev–Trinajstić information content (AvgIpc) is 1.98. The van der Waals surface area contributed by atoms with Gasteiger partial charge in [0.1, 0.15) is 0 Å². The van der Waals surface area contributed by atoms with Gasteiger partial charge in [-0.2, -0.15) is 0 Å². The van der Waals surface area contributed by atoms with Crippen LogP contribution in [-0.4, -0.2) is 0 Å². The summed E-state index contributed by atoms with van der Waals surface area (Å²) in [6, 6.07) is 0. The van der Waals surface area contributed by atoms with E-state index in [4.69, 9.17) is 0 Å². The lowest BCUT2D eigenvalue weighted by molar-refractivity contribution is 0.895. The number of rotatable bonds is 5. The predicted octanol–water partition coefficient (Wildman–Crippen LogP) is 3.70. The molecule has 0 spiro atoms. The van der Waals surface area contributed by atoms with E-state index in [0.717, 1.165) is 0 Å². The quantitative estimate of drug-likeness (QED) is 0.508. The van der Waals surface area contributed by atoms with Gasteiger partial charge in [-0.25, -0.2) is 0 Å². The number of hydrogen-bond acceptors (Lipinski definition) is 0. The fraction of sp³-hybridized carbons (Fsp3) is 0.600. The van der Waals surface area contributed by atoms with Crippen LogP contribution in [-0.2, 0) is 0 Å². The highest BCUT2D eigenvalue weighted by Crippen LogP contribution is 2.07. The van der Waals surface area contributed by atoms with Crippen LogP contribution in [0.1, 0.15) is 39.5 Å². The summed E-state index contributed by atoms with van der Waals surface area (Å²) in [5.41, 5.74) is 1.41. The number of hydrogen-bond donors (Lipinski definition) is 0. The predicted molar refractivity (Wildman–Crippen MR) is 48.1 cm³/mol. The summed E-state index contributed by atoms with van der Waals surface area (Å²) in [5.74, 6) is 0. The maximum absolute atomic E-state index is 3.76. The van der Waals surface area contributed by atoms with E-state index in [2.05, 4.69) is 26.5 Å². The Morgan fingerprint density at radius 1 is 1.30 bits per heavy atom. The van der Waals surface area contributed by atoms with Crippen molar-refractivity contribution in [3.63, 3.8) is 0 Å². The summed E-state index contributed by atoms with van der Waals surface area (Å²) in [4.78, 5) is 0. The van der Waals surface area contributed by atoms with Crippen molar-refractivity contribution in [2.75, 3.05) is 0 Å². The second-order valence-corrected chi connectivity index (χ2v) is 2.52. The molecule has 0 unspecified atom stereocenters. The first kappa shape index (κ1) is 9.48. The monoisotopic (exact) mass is 138 g/mol. The molecule has 0 aliphatic carbocycles. The summed E-state index contributed by atoms with van der Waals surface area (Å²) >= 11 is 0. The fourth-order valence-electron chi connectivity index (χ4n) is 0.906. The Labute approximate surface area is 64.6 Å². The van der Waals surface area contributed by atoms with E-state index in [9.17, 15) is 0 Å². The van der Waals surface area contributed by atoms with Gasteiger partial charge in [-0.15, -0.1) is 0 Å². The van der Waals surface area contributed by atoms with Gasteiger partial charge >= 0.3 is 0 Å². The molecule has 58 valence electrons. The molecule has 0 fully saturated rings. The zero-order chi connectivity index (χ0) is 7.82. The van der Waals surface area contributed by atoms with Crippen LogP contribution in [0.3, 0.4) is 0 Å². The molecule has 0 heterocycles. The van der Waals surface area contributed by atoms with E-state index in [0.29, 0.717) is 0 Å². The molecule has 0 rings (SSSR count). The van der Waals surface area contributed by atoms with Gasteiger partial charge in [-0.3, -0.25) is 0 Å². The van der Waals surface area contributed by atoms with Gasteiger partial charge in [0.15, 0.2) is 0 Å². The van der Waals surface area contributed by atoms with Crippen LogP contribution in [0.2, 0.25) is 0 Å². The third-order valence-electron chi connectivity index (χ3n) is 1.50. The van der Waals surface area contributed by atoms with Gasteiger partial charge in [0.2, 0.25) is 0 Å². The normalized spacial score (nSPS) is 11.6. The average molecular weight is 138 g/mol. The van der Waals surface area contributed by atoms with E-state index in [1.54, 1.807) is 0 Å². The van der Waals surface area contributed by atoms with Gasteiger partial charge in [-0.05, 0) is 12.8 Å². The summed E-state index contributed by atoms with van der Waals surface area (Å²) in [7, 11) is 0. The van der Waals surface area contributed by atoms with E-state index < -0.39 is 0 Å². The largest absolute Gasteiger partial charge is 0.0988 e. The molecule has 10 heavy (non-hydrogen) atoms. The van der Waals surface area contributed by atoms with E-state index in [1.807, 2.05) is 6.08 Å². The lowest BCUT2D eigenvalue weighted by atomic mass is 10.1. The first-order valence-electron chi connectivity index (χ1n) is 4.16. The Hall–Kier alpha value is -0.520. The zero-order valence-electron chi connectivity index (χ0n) is 7.19. The highest BCUT2D eigenvalue weighted by atomic mass is 13.9. The molecule has 0 aromatic heterocycles. The van der Waals surface area contributed by atoms with Crippen molar-refractivity contribution in [3.05, 3.63) is 24.3 Å². The molecule has 0 radical (unpaired) electrons. The molecule has 0 aliphatic rings. The lowest BCUT2D eigenvalue weighted by Gasteiger charge is -1.96. The Kier molecular flexibility index (Phi) is 6.25. The van der Waals surface area contributed by atoms with E-state index in [-0.39, 0.29) is 0 Å². The number of allylic oxidation sites excluding steroid dienone is 3. The van der Waals surface area contributed by atoms with Crippen LogP contribution in [0.5, 0.6) is 0 Å². The van der Waals surface area contributed by atoms with Crippen molar-refractivity contribution in [2.45, 2.75) is 39.5 Å². The summed E-state index contributed by atoms with van der Waals surface area (Å²) in [6.45, 7) is 8.16. The number of unbranched alkanes of at least 4 members (excludes halogenated alkanes) is 1. The molecule has 0 aromatic carbocycles. The molecule has 0 nitrogen and oxygen atoms in total. The maximum atomic E-state index is 3.76. The van der Waals surface area contributed by atoms with Crippen molar-refractivity contribution in [2.24, 2.45) is 0 Å². The molecule has 0 N–H and O–H groups in total. The second kappa shape index (κ2) is 6.60. The molecule has 0 amide bonds. The Morgan fingerprint density at radius 2 is 2.00 bits per heavy atom. The van der Waals surface area contributed by atoms with Crippen LogP contribution in [0, 0.1) is 0 Å². The van der Waals surface area contributed by atoms with Crippen LogP contribution >= 0.6 is 0 Å². The molecular weight excluding hydrogens is 120 g/mol. The molecule has 0 bridgehead atoms. The molecular formula is C10H18. The van der Waals surface area contributed by atoms with Crippen LogP contribution in [0.15, 0.2) is 24.3 Å². The Bertz CT molecular complexity index is 109. The standard InChI is InChI=1S/C10H18/c1-4-7-9-10(6-3)8-5-2/h6,9H,3-5,7-8H2,1-2H3/b10-9-. The smallest absolute Gasteiger partial charge is 0.0285 e. The lowest BCUT2D eigenvalue weighted by Crippen LogP contribution is -1.76. The van der Waals surface area contributed by atoms with Gasteiger partial charge in [0.25, 0.3) is 0 Å². The van der Waals surface area contributed by atoms with Crippen molar-refractivity contribution in [1.82, 2.24) is 0 Å². The third-order valence-corrected chi connectivity index (χ3v) is 1.50. The highest BCUT2D eigenvalue weighted by Gasteiger charge is 1.86. The SMILES string of the molecule is C=C/C(=C/CCC)CCC. The van der Waals surface area contributed by atoms with E-state index >= 15 is 0 Å². The fourth-order valence-corrected chi connectivity index (χ4v) is 0.906. The van der Waals surface area contributed by atoms with Crippen LogP contribution in [0.25, 0.3) is 0 Å². The first-order valence-corrected chi connectivity index (χ1v) is 4.16. The Morgan fingerprint density at radius 3 is 2.40 bits per heavy atom. The van der Waals surface area contributed by atoms with Crippen molar-refractivity contribution in [1.29, 1.82) is 0 Å². The summed E-state index contributed by atoms with van der Waals surface area (Å²) in [5, 5.41) is 0. The topological polar surface area (TPSA) is 0 Å². The van der Waals surface area contributed by atoms with E-state index in [1.165, 1.54) is 31.3 Å². The van der Waals surface area contributed by atoms with Crippen LogP contribution < -0.4 is 0 Å². The molecule has 0 aliphatic heterocycles. The van der Waals surface area contributed by atoms with Gasteiger partial charge < -0.3 is 0 Å². The highest BCUT2D eigenvalue weighted by molar-refractivity contribution is 5.15. The molecule has 0 saturated heterocycles. The maximum Gasteiger partial charge on any atom is -0.0285 e. The molecule has 0 saturated carbocycles. The van der Waals surface area contributed by atoms with Crippen molar-refractivity contribution < 1.29 is 0 Å². The van der Waals surface area contributed by atoms with Gasteiger partial charge in [0.05, 0.1) is 0 Å². The van der Waals surface area contributed by atoms with Crippen molar-refractivity contribution >= 4 is 0 Å². The van der Waals surface area contributed by atoms with Crippen molar-refractivity contribution in [3.8, 4) is 0 Å². The molecule has 0 atom stereocenters. The molecule has 0 heteroatoms. The van der Waals surface area contributed by atoms with Gasteiger partial charge in [0, 0.05) is 0 Å². The minimum absolute atomic E-state index is 1.18. The minimum Gasteiger partial charge on any atom is -0.0988 e. The molecule has 0 aromatic rings.